The SMILES string of the molecule is NCC#Cc1ccc(CN2C(=O)CCCC2=O)cc1. The Labute approximate surface area is 112 Å². The highest BCUT2D eigenvalue weighted by atomic mass is 16.2. The highest BCUT2D eigenvalue weighted by Gasteiger charge is 2.25. The standard InChI is InChI=1S/C15H16N2O2/c16-10-2-3-12-6-8-13(9-7-12)11-17-14(18)4-1-5-15(17)19/h6-9H,1,4-5,10-11,16H2. The quantitative estimate of drug-likeness (QED) is 0.635. The van der Waals surface area contributed by atoms with Gasteiger partial charge in [0.25, 0.3) is 0 Å². The molecule has 0 aliphatic carbocycles. The third kappa shape index (κ3) is 3.43. The molecule has 1 heterocycles. The highest BCUT2D eigenvalue weighted by molar-refractivity contribution is 5.97. The second kappa shape index (κ2) is 6.17. The zero-order chi connectivity index (χ0) is 13.7. The molecule has 0 atom stereocenters. The van der Waals surface area contributed by atoms with E-state index in [1.807, 2.05) is 24.3 Å². The highest BCUT2D eigenvalue weighted by Crippen LogP contribution is 2.16. The van der Waals surface area contributed by atoms with Crippen LogP contribution in [-0.2, 0) is 16.1 Å². The molecule has 2 amide bonds. The maximum Gasteiger partial charge on any atom is 0.229 e. The molecule has 0 radical (unpaired) electrons. The molecule has 2 N–H and O–H groups in total. The molecule has 0 bridgehead atoms. The van der Waals surface area contributed by atoms with Crippen molar-refractivity contribution in [2.24, 2.45) is 5.73 Å². The summed E-state index contributed by atoms with van der Waals surface area (Å²) in [6, 6.07) is 7.51. The number of nitrogens with two attached hydrogens (primary N) is 1. The van der Waals surface area contributed by atoms with Gasteiger partial charge >= 0.3 is 0 Å². The Bertz CT molecular complexity index is 522. The van der Waals surface area contributed by atoms with Crippen molar-refractivity contribution in [2.75, 3.05) is 6.54 Å². The number of hydrogen-bond donors (Lipinski definition) is 1. The Morgan fingerprint density at radius 1 is 1.11 bits per heavy atom. The number of hydrogen-bond acceptors (Lipinski definition) is 3. The largest absolute Gasteiger partial charge is 0.320 e. The van der Waals surface area contributed by atoms with Crippen LogP contribution in [0.15, 0.2) is 24.3 Å². The lowest BCUT2D eigenvalue weighted by Crippen LogP contribution is -2.39. The number of carbonyl (C=O) groups is 2. The van der Waals surface area contributed by atoms with Gasteiger partial charge in [-0.1, -0.05) is 24.0 Å². The van der Waals surface area contributed by atoms with Crippen molar-refractivity contribution in [3.05, 3.63) is 35.4 Å². The van der Waals surface area contributed by atoms with Crippen molar-refractivity contribution in [1.29, 1.82) is 0 Å². The van der Waals surface area contributed by atoms with Gasteiger partial charge in [0.1, 0.15) is 0 Å². The van der Waals surface area contributed by atoms with Crippen molar-refractivity contribution in [2.45, 2.75) is 25.8 Å². The van der Waals surface area contributed by atoms with Crippen LogP contribution >= 0.6 is 0 Å². The summed E-state index contributed by atoms with van der Waals surface area (Å²) in [6.45, 7) is 0.681. The van der Waals surface area contributed by atoms with Crippen LogP contribution in [0.25, 0.3) is 0 Å². The zero-order valence-electron chi connectivity index (χ0n) is 10.7. The molecule has 0 aromatic heterocycles. The lowest BCUT2D eigenvalue weighted by molar-refractivity contribution is -0.148. The maximum atomic E-state index is 11.7. The van der Waals surface area contributed by atoms with Crippen molar-refractivity contribution < 1.29 is 9.59 Å². The Kier molecular flexibility index (Phi) is 4.32. The smallest absolute Gasteiger partial charge is 0.229 e. The van der Waals surface area contributed by atoms with Crippen LogP contribution in [0.5, 0.6) is 0 Å². The molecule has 1 fully saturated rings. The Morgan fingerprint density at radius 2 is 1.74 bits per heavy atom. The number of imide groups is 1. The average molecular weight is 256 g/mol. The minimum atomic E-state index is -0.0803. The van der Waals surface area contributed by atoms with Gasteiger partial charge < -0.3 is 5.73 Å². The summed E-state index contributed by atoms with van der Waals surface area (Å²) >= 11 is 0. The first kappa shape index (κ1) is 13.3. The molecule has 19 heavy (non-hydrogen) atoms. The second-order valence-corrected chi connectivity index (χ2v) is 4.43. The lowest BCUT2D eigenvalue weighted by atomic mass is 10.1. The molecule has 2 rings (SSSR count). The van der Waals surface area contributed by atoms with Gasteiger partial charge in [0.2, 0.25) is 11.8 Å². The number of rotatable bonds is 2. The fourth-order valence-electron chi connectivity index (χ4n) is 2.01. The summed E-state index contributed by atoms with van der Waals surface area (Å²) < 4.78 is 0. The molecule has 0 spiro atoms. The number of likely N-dealkylation sites (tertiary alicyclic amines) is 1. The molecule has 1 saturated heterocycles. The molecule has 0 unspecified atom stereocenters. The van der Waals surface area contributed by atoms with Crippen LogP contribution in [0.4, 0.5) is 0 Å². The lowest BCUT2D eigenvalue weighted by Gasteiger charge is -2.24. The van der Waals surface area contributed by atoms with Crippen LogP contribution in [0.2, 0.25) is 0 Å². The zero-order valence-corrected chi connectivity index (χ0v) is 10.7. The Morgan fingerprint density at radius 3 is 2.32 bits per heavy atom. The van der Waals surface area contributed by atoms with Crippen molar-refractivity contribution in [3.8, 4) is 11.8 Å². The number of piperidine rings is 1. The molecule has 1 aromatic rings. The van der Waals surface area contributed by atoms with Crippen LogP contribution in [-0.4, -0.2) is 23.3 Å². The van der Waals surface area contributed by atoms with E-state index in [0.717, 1.165) is 11.1 Å². The van der Waals surface area contributed by atoms with Gasteiger partial charge in [-0.2, -0.15) is 0 Å². The fourth-order valence-corrected chi connectivity index (χ4v) is 2.01. The van der Waals surface area contributed by atoms with E-state index in [1.54, 1.807) is 0 Å². The summed E-state index contributed by atoms with van der Waals surface area (Å²) in [6.07, 6.45) is 1.60. The fraction of sp³-hybridized carbons (Fsp3) is 0.333. The van der Waals surface area contributed by atoms with Crippen molar-refractivity contribution in [3.63, 3.8) is 0 Å². The van der Waals surface area contributed by atoms with E-state index in [9.17, 15) is 9.59 Å². The first-order valence-electron chi connectivity index (χ1n) is 6.32. The summed E-state index contributed by atoms with van der Waals surface area (Å²) in [4.78, 5) is 24.7. The first-order valence-corrected chi connectivity index (χ1v) is 6.32. The van der Waals surface area contributed by atoms with E-state index in [4.69, 9.17) is 5.73 Å². The predicted molar refractivity (Wildman–Crippen MR) is 71.8 cm³/mol. The van der Waals surface area contributed by atoms with E-state index < -0.39 is 0 Å². The summed E-state index contributed by atoms with van der Waals surface area (Å²) in [5, 5.41) is 0. The Hall–Kier alpha value is -2.12. The number of amides is 2. The third-order valence-corrected chi connectivity index (χ3v) is 3.01. The topological polar surface area (TPSA) is 63.4 Å². The normalized spacial score (nSPS) is 15.1. The van der Waals surface area contributed by atoms with E-state index in [-0.39, 0.29) is 11.8 Å². The maximum absolute atomic E-state index is 11.7. The van der Waals surface area contributed by atoms with E-state index in [1.165, 1.54) is 4.90 Å². The van der Waals surface area contributed by atoms with E-state index in [2.05, 4.69) is 11.8 Å². The van der Waals surface area contributed by atoms with Crippen LogP contribution in [0.3, 0.4) is 0 Å². The van der Waals surface area contributed by atoms with Gasteiger partial charge in [-0.3, -0.25) is 14.5 Å². The molecule has 1 aromatic carbocycles. The Balaban J connectivity index is 2.06. The molecule has 1 aliphatic rings. The van der Waals surface area contributed by atoms with Gasteiger partial charge in [-0.15, -0.1) is 0 Å². The van der Waals surface area contributed by atoms with Gasteiger partial charge in [0.15, 0.2) is 0 Å². The number of carbonyl (C=O) groups excluding carboxylic acids is 2. The monoisotopic (exact) mass is 256 g/mol. The van der Waals surface area contributed by atoms with Gasteiger partial charge in [-0.05, 0) is 24.1 Å². The van der Waals surface area contributed by atoms with Crippen molar-refractivity contribution >= 4 is 11.8 Å². The molecule has 1 aliphatic heterocycles. The van der Waals surface area contributed by atoms with Crippen LogP contribution in [0.1, 0.15) is 30.4 Å². The third-order valence-electron chi connectivity index (χ3n) is 3.01. The second-order valence-electron chi connectivity index (χ2n) is 4.43. The summed E-state index contributed by atoms with van der Waals surface area (Å²) in [7, 11) is 0. The van der Waals surface area contributed by atoms with Crippen molar-refractivity contribution in [1.82, 2.24) is 4.90 Å². The molecule has 4 nitrogen and oxygen atoms in total. The van der Waals surface area contributed by atoms with E-state index in [0.29, 0.717) is 32.4 Å². The molecule has 4 heteroatoms. The van der Waals surface area contributed by atoms with Crippen LogP contribution in [0, 0.1) is 11.8 Å². The minimum absolute atomic E-state index is 0.0803. The predicted octanol–water partition coefficient (Wildman–Crippen LogP) is 1.04. The van der Waals surface area contributed by atoms with E-state index >= 15 is 0 Å². The van der Waals surface area contributed by atoms with Gasteiger partial charge in [-0.25, -0.2) is 0 Å². The first-order chi connectivity index (χ1) is 9.20. The summed E-state index contributed by atoms with van der Waals surface area (Å²) in [5.41, 5.74) is 7.12. The van der Waals surface area contributed by atoms with Gasteiger partial charge in [0.05, 0.1) is 13.1 Å². The summed E-state index contributed by atoms with van der Waals surface area (Å²) in [5.74, 6) is 5.55. The molecular formula is C15H16N2O2. The van der Waals surface area contributed by atoms with Gasteiger partial charge in [0, 0.05) is 18.4 Å². The molecular weight excluding hydrogens is 240 g/mol. The number of nitrogens with zero attached hydrogens (tertiary/aromatic N) is 1. The molecule has 0 saturated carbocycles. The molecule has 98 valence electrons. The number of benzene rings is 1. The average Bonchev–Trinajstić information content (AvgIpc) is 2.42. The van der Waals surface area contributed by atoms with Crippen LogP contribution < -0.4 is 5.73 Å². The minimum Gasteiger partial charge on any atom is -0.320 e.